The Morgan fingerprint density at radius 3 is 2.38 bits per heavy atom. The number of halogens is 1. The molecule has 2 atom stereocenters. The van der Waals surface area contributed by atoms with Crippen LogP contribution in [0.4, 0.5) is 0 Å². The first-order valence-corrected chi connectivity index (χ1v) is 8.26. The van der Waals surface area contributed by atoms with E-state index in [0.717, 1.165) is 9.37 Å². The van der Waals surface area contributed by atoms with E-state index in [1.54, 1.807) is 0 Å². The zero-order chi connectivity index (χ0) is 11.8. The van der Waals surface area contributed by atoms with Crippen LogP contribution >= 0.6 is 27.7 Å². The zero-order valence-corrected chi connectivity index (χ0v) is 11.6. The molecule has 0 radical (unpaired) electrons. The van der Waals surface area contributed by atoms with Crippen molar-refractivity contribution in [1.82, 2.24) is 0 Å². The lowest BCUT2D eigenvalue weighted by atomic mass is 10.3. The van der Waals surface area contributed by atoms with Gasteiger partial charge in [-0.15, -0.1) is 11.8 Å². The van der Waals surface area contributed by atoms with Crippen molar-refractivity contribution in [1.29, 1.82) is 0 Å². The van der Waals surface area contributed by atoms with Gasteiger partial charge >= 0.3 is 0 Å². The second-order valence-electron chi connectivity index (χ2n) is 3.75. The van der Waals surface area contributed by atoms with Gasteiger partial charge in [0.15, 0.2) is 9.84 Å². The summed E-state index contributed by atoms with van der Waals surface area (Å²) in [4.78, 5) is 0.976. The third kappa shape index (κ3) is 3.00. The smallest absolute Gasteiger partial charge is 0.154 e. The fourth-order valence-corrected chi connectivity index (χ4v) is 5.39. The van der Waals surface area contributed by atoms with Gasteiger partial charge in [0.25, 0.3) is 0 Å². The summed E-state index contributed by atoms with van der Waals surface area (Å²) in [5, 5.41) is 9.39. The highest BCUT2D eigenvalue weighted by molar-refractivity contribution is 9.10. The van der Waals surface area contributed by atoms with Crippen molar-refractivity contribution in [2.24, 2.45) is 0 Å². The van der Waals surface area contributed by atoms with E-state index in [9.17, 15) is 13.5 Å². The number of benzene rings is 1. The van der Waals surface area contributed by atoms with Crippen LogP contribution in [0.3, 0.4) is 0 Å². The normalized spacial score (nSPS) is 28.1. The van der Waals surface area contributed by atoms with Crippen LogP contribution in [0.1, 0.15) is 0 Å². The molecule has 0 aliphatic carbocycles. The molecule has 1 aromatic rings. The van der Waals surface area contributed by atoms with Gasteiger partial charge in [0.1, 0.15) is 0 Å². The Bertz CT molecular complexity index is 469. The van der Waals surface area contributed by atoms with E-state index < -0.39 is 15.9 Å². The topological polar surface area (TPSA) is 54.4 Å². The maximum Gasteiger partial charge on any atom is 0.154 e. The minimum absolute atomic E-state index is 0.0644. The number of aliphatic hydroxyl groups is 1. The monoisotopic (exact) mass is 322 g/mol. The lowest BCUT2D eigenvalue weighted by molar-refractivity contribution is 0.207. The Morgan fingerprint density at radius 2 is 1.88 bits per heavy atom. The summed E-state index contributed by atoms with van der Waals surface area (Å²) in [5.74, 6) is -0.0455. The fourth-order valence-electron chi connectivity index (χ4n) is 1.60. The van der Waals surface area contributed by atoms with Gasteiger partial charge in [-0.2, -0.15) is 0 Å². The second kappa shape index (κ2) is 4.68. The van der Waals surface area contributed by atoms with Gasteiger partial charge in [-0.05, 0) is 24.3 Å². The lowest BCUT2D eigenvalue weighted by Gasteiger charge is -2.11. The average Bonchev–Trinajstić information content (AvgIpc) is 2.44. The molecule has 3 nitrogen and oxygen atoms in total. The number of thioether (sulfide) groups is 1. The Balaban J connectivity index is 2.08. The van der Waals surface area contributed by atoms with Gasteiger partial charge in [-0.1, -0.05) is 15.9 Å². The number of hydrogen-bond acceptors (Lipinski definition) is 4. The van der Waals surface area contributed by atoms with Crippen molar-refractivity contribution in [3.05, 3.63) is 28.7 Å². The van der Waals surface area contributed by atoms with Gasteiger partial charge in [0.05, 0.1) is 22.9 Å². The van der Waals surface area contributed by atoms with Crippen molar-refractivity contribution >= 4 is 37.5 Å². The summed E-state index contributed by atoms with van der Waals surface area (Å²) in [6.07, 6.45) is -0.751. The van der Waals surface area contributed by atoms with E-state index in [-0.39, 0.29) is 16.8 Å². The largest absolute Gasteiger partial charge is 0.391 e. The van der Waals surface area contributed by atoms with E-state index in [2.05, 4.69) is 15.9 Å². The van der Waals surface area contributed by atoms with Crippen LogP contribution in [0.2, 0.25) is 0 Å². The molecule has 0 saturated carbocycles. The lowest BCUT2D eigenvalue weighted by Crippen LogP contribution is -2.19. The molecule has 1 saturated heterocycles. The van der Waals surface area contributed by atoms with Crippen LogP contribution in [-0.4, -0.2) is 36.4 Å². The summed E-state index contributed by atoms with van der Waals surface area (Å²) in [7, 11) is -3.05. The predicted molar refractivity (Wildman–Crippen MR) is 68.4 cm³/mol. The molecule has 2 rings (SSSR count). The molecule has 0 bridgehead atoms. The Hall–Kier alpha value is -0.0400. The number of sulfone groups is 1. The van der Waals surface area contributed by atoms with Gasteiger partial charge in [0, 0.05) is 9.37 Å². The van der Waals surface area contributed by atoms with E-state index in [4.69, 9.17) is 0 Å². The third-order valence-electron chi connectivity index (χ3n) is 2.37. The first kappa shape index (κ1) is 12.4. The van der Waals surface area contributed by atoms with Crippen LogP contribution in [0.5, 0.6) is 0 Å². The first-order valence-electron chi connectivity index (χ1n) is 4.77. The molecule has 88 valence electrons. The van der Waals surface area contributed by atoms with Crippen molar-refractivity contribution in [2.75, 3.05) is 11.5 Å². The van der Waals surface area contributed by atoms with Crippen LogP contribution in [-0.2, 0) is 9.84 Å². The summed E-state index contributed by atoms with van der Waals surface area (Å²) >= 11 is 4.75. The molecule has 1 fully saturated rings. The molecule has 0 spiro atoms. The quantitative estimate of drug-likeness (QED) is 0.900. The van der Waals surface area contributed by atoms with Crippen molar-refractivity contribution in [3.8, 4) is 0 Å². The highest BCUT2D eigenvalue weighted by Gasteiger charge is 2.36. The minimum atomic E-state index is -3.05. The van der Waals surface area contributed by atoms with Gasteiger partial charge in [-0.25, -0.2) is 8.42 Å². The summed E-state index contributed by atoms with van der Waals surface area (Å²) in [6.45, 7) is 0. The number of aliphatic hydroxyl groups excluding tert-OH is 1. The van der Waals surface area contributed by atoms with Gasteiger partial charge < -0.3 is 5.11 Å². The van der Waals surface area contributed by atoms with Crippen molar-refractivity contribution in [3.63, 3.8) is 0 Å². The predicted octanol–water partition coefficient (Wildman–Crippen LogP) is 1.70. The molecule has 6 heteroatoms. The Labute approximate surface area is 107 Å². The van der Waals surface area contributed by atoms with E-state index >= 15 is 0 Å². The van der Waals surface area contributed by atoms with Crippen LogP contribution in [0.15, 0.2) is 33.6 Å². The summed E-state index contributed by atoms with van der Waals surface area (Å²) in [6, 6.07) is 7.62. The molecular formula is C10H11BrO3S2. The fraction of sp³-hybridized carbons (Fsp3) is 0.400. The standard InChI is InChI=1S/C10H11BrO3S2/c11-7-1-3-8(4-2-7)15-10-6-16(13,14)5-9(10)12/h1-4,9-10,12H,5-6H2. The third-order valence-corrected chi connectivity index (χ3v) is 6.16. The molecule has 0 amide bonds. The average molecular weight is 323 g/mol. The molecule has 1 aliphatic heterocycles. The Morgan fingerprint density at radius 1 is 1.25 bits per heavy atom. The molecule has 0 aromatic heterocycles. The van der Waals surface area contributed by atoms with Crippen LogP contribution < -0.4 is 0 Å². The number of rotatable bonds is 2. The van der Waals surface area contributed by atoms with E-state index in [1.165, 1.54) is 11.8 Å². The zero-order valence-electron chi connectivity index (χ0n) is 8.34. The van der Waals surface area contributed by atoms with E-state index in [1.807, 2.05) is 24.3 Å². The molecule has 2 unspecified atom stereocenters. The summed E-state index contributed by atoms with van der Waals surface area (Å²) < 4.78 is 23.6. The number of hydrogen-bond donors (Lipinski definition) is 1. The second-order valence-corrected chi connectivity index (χ2v) is 8.14. The highest BCUT2D eigenvalue weighted by atomic mass is 79.9. The van der Waals surface area contributed by atoms with Gasteiger partial charge in [0.2, 0.25) is 0 Å². The first-order chi connectivity index (χ1) is 7.46. The molecular weight excluding hydrogens is 312 g/mol. The molecule has 1 N–H and O–H groups in total. The molecule has 1 aliphatic rings. The maximum absolute atomic E-state index is 11.3. The van der Waals surface area contributed by atoms with Crippen LogP contribution in [0.25, 0.3) is 0 Å². The maximum atomic E-state index is 11.3. The van der Waals surface area contributed by atoms with Crippen molar-refractivity contribution < 1.29 is 13.5 Å². The summed E-state index contributed by atoms with van der Waals surface area (Å²) in [5.41, 5.74) is 0. The van der Waals surface area contributed by atoms with E-state index in [0.29, 0.717) is 0 Å². The van der Waals surface area contributed by atoms with Crippen molar-refractivity contribution in [2.45, 2.75) is 16.2 Å². The molecule has 1 heterocycles. The SMILES string of the molecule is O=S1(=O)CC(O)C(Sc2ccc(Br)cc2)C1. The molecule has 16 heavy (non-hydrogen) atoms. The van der Waals surface area contributed by atoms with Crippen LogP contribution in [0, 0.1) is 0 Å². The molecule has 1 aromatic carbocycles. The highest BCUT2D eigenvalue weighted by Crippen LogP contribution is 2.31. The van der Waals surface area contributed by atoms with Gasteiger partial charge in [-0.3, -0.25) is 0 Å². The Kier molecular flexibility index (Phi) is 3.63. The minimum Gasteiger partial charge on any atom is -0.391 e.